The second kappa shape index (κ2) is 7.48. The van der Waals surface area contributed by atoms with Crippen molar-refractivity contribution in [2.24, 2.45) is 5.16 Å². The van der Waals surface area contributed by atoms with Gasteiger partial charge in [-0.25, -0.2) is 12.8 Å². The number of sulfone groups is 1. The number of amides is 1. The fourth-order valence-electron chi connectivity index (χ4n) is 2.75. The summed E-state index contributed by atoms with van der Waals surface area (Å²) in [7, 11) is -3.27. The van der Waals surface area contributed by atoms with E-state index < -0.39 is 15.9 Å². The third-order valence-corrected chi connectivity index (χ3v) is 5.41. The first-order valence-electron chi connectivity index (χ1n) is 8.33. The molecular formula is C19H19FN2O4S. The zero-order valence-corrected chi connectivity index (χ0v) is 15.7. The molecule has 1 heterocycles. The van der Waals surface area contributed by atoms with E-state index in [1.54, 1.807) is 31.2 Å². The summed E-state index contributed by atoms with van der Waals surface area (Å²) in [5.41, 5.74) is 1.86. The Balaban J connectivity index is 1.61. The van der Waals surface area contributed by atoms with Gasteiger partial charge >= 0.3 is 0 Å². The van der Waals surface area contributed by atoms with Crippen LogP contribution in [0.1, 0.15) is 30.5 Å². The van der Waals surface area contributed by atoms with Gasteiger partial charge in [0.15, 0.2) is 9.84 Å². The Morgan fingerprint density at radius 3 is 2.59 bits per heavy atom. The third kappa shape index (κ3) is 4.51. The van der Waals surface area contributed by atoms with Gasteiger partial charge in [0.05, 0.1) is 16.6 Å². The molecule has 1 N–H and O–H groups in total. The van der Waals surface area contributed by atoms with Crippen molar-refractivity contribution in [2.45, 2.75) is 30.4 Å². The van der Waals surface area contributed by atoms with Crippen LogP contribution in [0.3, 0.4) is 0 Å². The van der Waals surface area contributed by atoms with Gasteiger partial charge in [0.25, 0.3) is 5.91 Å². The maximum atomic E-state index is 13.3. The van der Waals surface area contributed by atoms with Crippen LogP contribution in [-0.4, -0.2) is 32.4 Å². The molecule has 0 radical (unpaired) electrons. The van der Waals surface area contributed by atoms with Crippen molar-refractivity contribution >= 4 is 21.5 Å². The van der Waals surface area contributed by atoms with Gasteiger partial charge in [0.1, 0.15) is 5.82 Å². The monoisotopic (exact) mass is 390 g/mol. The molecule has 0 saturated heterocycles. The summed E-state index contributed by atoms with van der Waals surface area (Å²) in [5, 5.41) is 6.71. The molecule has 8 heteroatoms. The zero-order valence-electron chi connectivity index (χ0n) is 14.8. The Kier molecular flexibility index (Phi) is 5.27. The van der Waals surface area contributed by atoms with Crippen LogP contribution in [0.15, 0.2) is 58.6 Å². The largest absolute Gasteiger partial charge is 0.382 e. The average molecular weight is 390 g/mol. The van der Waals surface area contributed by atoms with Gasteiger partial charge in [-0.3, -0.25) is 4.79 Å². The van der Waals surface area contributed by atoms with Gasteiger partial charge in [-0.1, -0.05) is 29.4 Å². The van der Waals surface area contributed by atoms with Gasteiger partial charge in [0.2, 0.25) is 6.10 Å². The predicted octanol–water partition coefficient (Wildman–Crippen LogP) is 2.60. The molecule has 2 unspecified atom stereocenters. The minimum atomic E-state index is -3.27. The molecule has 0 aliphatic carbocycles. The molecule has 27 heavy (non-hydrogen) atoms. The van der Waals surface area contributed by atoms with Gasteiger partial charge < -0.3 is 10.2 Å². The Bertz CT molecular complexity index is 987. The maximum Gasteiger partial charge on any atom is 0.264 e. The third-order valence-electron chi connectivity index (χ3n) is 4.29. The van der Waals surface area contributed by atoms with Crippen LogP contribution in [0.4, 0.5) is 4.39 Å². The fourth-order valence-corrected chi connectivity index (χ4v) is 3.38. The molecule has 1 aliphatic rings. The van der Waals surface area contributed by atoms with Gasteiger partial charge in [-0.2, -0.15) is 0 Å². The molecule has 1 amide bonds. The van der Waals surface area contributed by atoms with Crippen LogP contribution in [0.2, 0.25) is 0 Å². The number of oxime groups is 1. The van der Waals surface area contributed by atoms with Crippen LogP contribution in [0.5, 0.6) is 0 Å². The van der Waals surface area contributed by atoms with E-state index in [1.165, 1.54) is 24.3 Å². The lowest BCUT2D eigenvalue weighted by atomic mass is 10.0. The lowest BCUT2D eigenvalue weighted by Gasteiger charge is -2.16. The molecule has 0 saturated carbocycles. The topological polar surface area (TPSA) is 84.8 Å². The molecule has 0 bridgehead atoms. The highest BCUT2D eigenvalue weighted by atomic mass is 32.2. The fraction of sp³-hybridized carbons (Fsp3) is 0.263. The Morgan fingerprint density at radius 1 is 1.26 bits per heavy atom. The van der Waals surface area contributed by atoms with Gasteiger partial charge in [-0.15, -0.1) is 0 Å². The second-order valence-corrected chi connectivity index (χ2v) is 8.43. The lowest BCUT2D eigenvalue weighted by Crippen LogP contribution is -2.36. The number of hydrogen-bond donors (Lipinski definition) is 1. The number of carbonyl (C=O) groups is 1. The molecule has 142 valence electrons. The Labute approximate surface area is 157 Å². The Morgan fingerprint density at radius 2 is 1.96 bits per heavy atom. The summed E-state index contributed by atoms with van der Waals surface area (Å²) >= 11 is 0. The van der Waals surface area contributed by atoms with E-state index in [0.29, 0.717) is 11.3 Å². The van der Waals surface area contributed by atoms with E-state index in [4.69, 9.17) is 4.84 Å². The van der Waals surface area contributed by atoms with E-state index in [2.05, 4.69) is 10.5 Å². The van der Waals surface area contributed by atoms with Crippen molar-refractivity contribution in [3.63, 3.8) is 0 Å². The molecular weight excluding hydrogens is 371 g/mol. The van der Waals surface area contributed by atoms with E-state index >= 15 is 0 Å². The second-order valence-electron chi connectivity index (χ2n) is 6.42. The van der Waals surface area contributed by atoms with Crippen molar-refractivity contribution in [3.05, 3.63) is 65.5 Å². The van der Waals surface area contributed by atoms with Crippen molar-refractivity contribution in [1.29, 1.82) is 0 Å². The summed E-state index contributed by atoms with van der Waals surface area (Å²) in [6.07, 6.45) is 0.594. The van der Waals surface area contributed by atoms with E-state index in [-0.39, 0.29) is 29.1 Å². The molecule has 1 aliphatic heterocycles. The number of carbonyl (C=O) groups excluding carboxylic acids is 1. The molecule has 0 spiro atoms. The molecule has 2 aromatic rings. The average Bonchev–Trinajstić information content (AvgIpc) is 3.11. The van der Waals surface area contributed by atoms with Gasteiger partial charge in [0, 0.05) is 18.2 Å². The summed E-state index contributed by atoms with van der Waals surface area (Å²) in [4.78, 5) is 17.8. The normalized spacial score (nSPS) is 17.7. The van der Waals surface area contributed by atoms with Crippen molar-refractivity contribution < 1.29 is 22.4 Å². The number of benzene rings is 2. The van der Waals surface area contributed by atoms with Gasteiger partial charge in [-0.05, 0) is 36.8 Å². The number of hydrogen-bond acceptors (Lipinski definition) is 5. The summed E-state index contributed by atoms with van der Waals surface area (Å²) in [5.74, 6) is -0.723. The summed E-state index contributed by atoms with van der Waals surface area (Å²) in [6.45, 7) is 1.79. The van der Waals surface area contributed by atoms with E-state index in [9.17, 15) is 17.6 Å². The summed E-state index contributed by atoms with van der Waals surface area (Å²) in [6, 6.07) is 11.9. The molecule has 2 atom stereocenters. The summed E-state index contributed by atoms with van der Waals surface area (Å²) < 4.78 is 36.3. The SMILES string of the molecule is CC(NC(=O)C1CC(c2cccc(F)c2)=NO1)c1ccc(S(C)(=O)=O)cc1. The number of nitrogens with zero attached hydrogens (tertiary/aromatic N) is 1. The zero-order chi connectivity index (χ0) is 19.6. The maximum absolute atomic E-state index is 13.3. The van der Waals surface area contributed by atoms with E-state index in [1.807, 2.05) is 0 Å². The smallest absolute Gasteiger partial charge is 0.264 e. The van der Waals surface area contributed by atoms with Crippen LogP contribution in [-0.2, 0) is 19.5 Å². The highest BCUT2D eigenvalue weighted by Crippen LogP contribution is 2.20. The first-order valence-corrected chi connectivity index (χ1v) is 10.2. The van der Waals surface area contributed by atoms with Crippen LogP contribution in [0, 0.1) is 5.82 Å². The number of rotatable bonds is 5. The van der Waals surface area contributed by atoms with Crippen LogP contribution < -0.4 is 5.32 Å². The minimum Gasteiger partial charge on any atom is -0.382 e. The predicted molar refractivity (Wildman–Crippen MR) is 98.5 cm³/mol. The molecule has 0 fully saturated rings. The van der Waals surface area contributed by atoms with Crippen molar-refractivity contribution in [1.82, 2.24) is 5.32 Å². The molecule has 3 rings (SSSR count). The highest BCUT2D eigenvalue weighted by molar-refractivity contribution is 7.90. The van der Waals surface area contributed by atoms with Crippen molar-refractivity contribution in [3.8, 4) is 0 Å². The first-order chi connectivity index (χ1) is 12.7. The molecule has 0 aromatic heterocycles. The Hall–Kier alpha value is -2.74. The van der Waals surface area contributed by atoms with Crippen molar-refractivity contribution in [2.75, 3.05) is 6.26 Å². The minimum absolute atomic E-state index is 0.219. The molecule has 2 aromatic carbocycles. The number of nitrogens with one attached hydrogen (secondary N) is 1. The standard InChI is InChI=1S/C19H19FN2O4S/c1-12(13-6-8-16(9-7-13)27(2,24)25)21-19(23)18-11-17(22-26-18)14-4-3-5-15(20)10-14/h3-10,12,18H,11H2,1-2H3,(H,21,23). The number of halogens is 1. The first kappa shape index (κ1) is 19.0. The molecule has 6 nitrogen and oxygen atoms in total. The quantitative estimate of drug-likeness (QED) is 0.850. The van der Waals surface area contributed by atoms with E-state index in [0.717, 1.165) is 11.8 Å². The highest BCUT2D eigenvalue weighted by Gasteiger charge is 2.30. The lowest BCUT2D eigenvalue weighted by molar-refractivity contribution is -0.131. The van der Waals surface area contributed by atoms with Crippen LogP contribution >= 0.6 is 0 Å². The van der Waals surface area contributed by atoms with Crippen LogP contribution in [0.25, 0.3) is 0 Å².